The van der Waals surface area contributed by atoms with Crippen LogP contribution in [0.2, 0.25) is 0 Å². The third-order valence-corrected chi connectivity index (χ3v) is 14.6. The number of anilines is 3. The Kier molecular flexibility index (Phi) is 16.7. The summed E-state index contributed by atoms with van der Waals surface area (Å²) < 4.78 is 5.77. The second-order valence-electron chi connectivity index (χ2n) is 23.3. The predicted octanol–water partition coefficient (Wildman–Crippen LogP) is 9.78. The summed E-state index contributed by atoms with van der Waals surface area (Å²) in [6, 6.07) is 0.258. The first-order chi connectivity index (χ1) is 30.1. The van der Waals surface area contributed by atoms with Gasteiger partial charge >= 0.3 is 11.9 Å². The lowest BCUT2D eigenvalue weighted by Crippen LogP contribution is -2.65. The highest BCUT2D eigenvalue weighted by atomic mass is 16.9. The molecule has 1 aromatic rings. The molecule has 1 aromatic heterocycles. The van der Waals surface area contributed by atoms with E-state index in [0.29, 0.717) is 11.9 Å². The first-order valence-corrected chi connectivity index (χ1v) is 25.3. The monoisotopic (exact) mass is 914 g/mol. The maximum atomic E-state index is 12.6. The molecule has 0 N–H and O–H groups in total. The Hall–Kier alpha value is -2.85. The molecule has 5 rings (SSSR count). The Morgan fingerprint density at radius 2 is 0.862 bits per heavy atom. The third kappa shape index (κ3) is 12.3. The number of aromatic nitrogens is 3. The molecular formula is C50H91N9O6. The fourth-order valence-corrected chi connectivity index (χ4v) is 11.9. The summed E-state index contributed by atoms with van der Waals surface area (Å²) in [5.74, 6) is 1.52. The molecule has 4 aliphatic heterocycles. The number of piperidine rings is 3. The van der Waals surface area contributed by atoms with Gasteiger partial charge in [0, 0.05) is 62.7 Å². The van der Waals surface area contributed by atoms with E-state index in [0.717, 1.165) is 109 Å². The van der Waals surface area contributed by atoms with Crippen LogP contribution in [-0.4, -0.2) is 125 Å². The van der Waals surface area contributed by atoms with Gasteiger partial charge in [-0.05, 0) is 147 Å². The Labute approximate surface area is 393 Å². The molecule has 15 nitrogen and oxygen atoms in total. The number of epoxide rings is 1. The van der Waals surface area contributed by atoms with E-state index in [-0.39, 0.29) is 53.5 Å². The van der Waals surface area contributed by atoms with Gasteiger partial charge in [-0.2, -0.15) is 20.0 Å². The van der Waals surface area contributed by atoms with E-state index >= 15 is 0 Å². The molecule has 4 fully saturated rings. The van der Waals surface area contributed by atoms with Crippen LogP contribution in [0.25, 0.3) is 0 Å². The predicted molar refractivity (Wildman–Crippen MR) is 259 cm³/mol. The SMILES string of the molecule is CCCCN(c1nc(N(CCCC)C2CC(C)(C)N(OC3OC3C)C(C)(C)C2)nc(N(CCCC)C2CC(C)(C)N(OC(C)=O)C(C)(CC)C2)n1)C1CC(C)(C)N(OC(C)=O)C(C)(C)C1. The second kappa shape index (κ2) is 20.4. The lowest BCUT2D eigenvalue weighted by molar-refractivity contribution is -0.303. The Bertz CT molecular complexity index is 1740. The highest BCUT2D eigenvalue weighted by molar-refractivity contribution is 5.66. The molecule has 0 radical (unpaired) electrons. The maximum Gasteiger partial charge on any atom is 0.322 e. The van der Waals surface area contributed by atoms with Crippen LogP contribution < -0.4 is 14.7 Å². The van der Waals surface area contributed by atoms with E-state index in [1.165, 1.54) is 13.8 Å². The number of hydrogen-bond donors (Lipinski definition) is 0. The van der Waals surface area contributed by atoms with Crippen molar-refractivity contribution in [1.82, 2.24) is 30.1 Å². The Morgan fingerprint density at radius 1 is 0.554 bits per heavy atom. The van der Waals surface area contributed by atoms with E-state index in [9.17, 15) is 9.59 Å². The second-order valence-corrected chi connectivity index (χ2v) is 23.3. The molecule has 5 heterocycles. The lowest BCUT2D eigenvalue weighted by Gasteiger charge is -2.56. The summed E-state index contributed by atoms with van der Waals surface area (Å²) in [5, 5.41) is 6.10. The fourth-order valence-electron chi connectivity index (χ4n) is 11.9. The van der Waals surface area contributed by atoms with Crippen molar-refractivity contribution in [1.29, 1.82) is 0 Å². The van der Waals surface area contributed by atoms with Gasteiger partial charge in [-0.3, -0.25) is 14.4 Å². The Morgan fingerprint density at radius 3 is 1.17 bits per heavy atom. The van der Waals surface area contributed by atoms with Gasteiger partial charge in [0.2, 0.25) is 24.1 Å². The summed E-state index contributed by atoms with van der Waals surface area (Å²) in [4.78, 5) is 67.9. The smallest absolute Gasteiger partial charge is 0.322 e. The van der Waals surface area contributed by atoms with Gasteiger partial charge in [-0.15, -0.1) is 10.1 Å². The van der Waals surface area contributed by atoms with Crippen molar-refractivity contribution in [3.63, 3.8) is 0 Å². The maximum absolute atomic E-state index is 12.6. The molecule has 4 unspecified atom stereocenters. The van der Waals surface area contributed by atoms with Crippen molar-refractivity contribution in [2.45, 2.75) is 272 Å². The number of hydrogen-bond acceptors (Lipinski definition) is 15. The van der Waals surface area contributed by atoms with Gasteiger partial charge in [0.05, 0.1) is 22.2 Å². The van der Waals surface area contributed by atoms with Gasteiger partial charge in [-0.1, -0.05) is 47.0 Å². The molecule has 0 aliphatic carbocycles. The standard InChI is InChI=1S/C50H91N9O6/c1-19-23-26-54(38-29-45(8,9)57(63-36(6)60)46(10,11)30-38)42-51-43(55(27-24-20-2)39-31-47(12,13)58(48(14,15)32-39)65-41-35(5)62-41)53-44(52-42)56(28-25-21-3)40-33-49(16,17)59(64-37(7)61)50(18,22-4)34-40/h35,38-41H,19-34H2,1-18H3. The first-order valence-electron chi connectivity index (χ1n) is 25.3. The number of unbranched alkanes of at least 4 members (excludes halogenated alkanes) is 3. The lowest BCUT2D eigenvalue weighted by atomic mass is 9.76. The molecule has 4 aliphatic rings. The van der Waals surface area contributed by atoms with E-state index in [4.69, 9.17) is 34.2 Å². The van der Waals surface area contributed by atoms with Gasteiger partial charge in [0.15, 0.2) is 0 Å². The highest BCUT2D eigenvalue weighted by Crippen LogP contribution is 2.47. The summed E-state index contributed by atoms with van der Waals surface area (Å²) in [6.45, 7) is 40.8. The summed E-state index contributed by atoms with van der Waals surface area (Å²) in [5.41, 5.74) is -2.38. The molecule has 65 heavy (non-hydrogen) atoms. The van der Waals surface area contributed by atoms with Crippen LogP contribution in [0.5, 0.6) is 0 Å². The number of carbonyl (C=O) groups is 2. The van der Waals surface area contributed by atoms with Crippen LogP contribution in [0.3, 0.4) is 0 Å². The van der Waals surface area contributed by atoms with Crippen LogP contribution in [-0.2, 0) is 28.8 Å². The summed E-state index contributed by atoms with van der Waals surface area (Å²) in [7, 11) is 0. The number of rotatable bonds is 20. The van der Waals surface area contributed by atoms with Crippen LogP contribution in [0.1, 0.15) is 208 Å². The molecule has 0 amide bonds. The summed E-state index contributed by atoms with van der Waals surface area (Å²) in [6.07, 6.45) is 11.5. The Balaban J connectivity index is 1.71. The van der Waals surface area contributed by atoms with E-state index < -0.39 is 22.2 Å². The van der Waals surface area contributed by atoms with Gasteiger partial charge in [0.1, 0.15) is 6.10 Å². The van der Waals surface area contributed by atoms with Crippen molar-refractivity contribution in [2.75, 3.05) is 34.3 Å². The van der Waals surface area contributed by atoms with E-state index in [2.05, 4.69) is 131 Å². The molecule has 372 valence electrons. The number of hydroxylamine groups is 6. The third-order valence-electron chi connectivity index (χ3n) is 14.6. The number of carbonyl (C=O) groups excluding carboxylic acids is 2. The minimum atomic E-state index is -0.454. The minimum absolute atomic E-state index is 0.0641. The zero-order chi connectivity index (χ0) is 48.5. The topological polar surface area (TPSA) is 132 Å². The van der Waals surface area contributed by atoms with Crippen LogP contribution in [0.15, 0.2) is 0 Å². The van der Waals surface area contributed by atoms with E-state index in [1.54, 1.807) is 0 Å². The molecule has 4 saturated heterocycles. The van der Waals surface area contributed by atoms with Crippen molar-refractivity contribution >= 4 is 29.8 Å². The van der Waals surface area contributed by atoms with Crippen molar-refractivity contribution in [3.8, 4) is 0 Å². The molecule has 0 bridgehead atoms. The number of nitrogens with zero attached hydrogens (tertiary/aromatic N) is 9. The van der Waals surface area contributed by atoms with Gasteiger partial charge < -0.3 is 29.1 Å². The fraction of sp³-hybridized carbons (Fsp3) is 0.900. The molecule has 0 spiro atoms. The van der Waals surface area contributed by atoms with Crippen molar-refractivity contribution in [3.05, 3.63) is 0 Å². The minimum Gasteiger partial charge on any atom is -0.367 e. The van der Waals surface area contributed by atoms with Crippen LogP contribution >= 0.6 is 0 Å². The van der Waals surface area contributed by atoms with Crippen molar-refractivity contribution < 1.29 is 28.8 Å². The van der Waals surface area contributed by atoms with Crippen LogP contribution in [0, 0.1) is 0 Å². The highest BCUT2D eigenvalue weighted by Gasteiger charge is 2.54. The molecule has 0 saturated carbocycles. The first kappa shape index (κ1) is 53.1. The molecule has 0 aromatic carbocycles. The van der Waals surface area contributed by atoms with Gasteiger partial charge in [-0.25, -0.2) is 0 Å². The molecular weight excluding hydrogens is 823 g/mol. The van der Waals surface area contributed by atoms with Gasteiger partial charge in [0.25, 0.3) is 0 Å². The largest absolute Gasteiger partial charge is 0.367 e. The zero-order valence-corrected chi connectivity index (χ0v) is 44.2. The molecule has 4 atom stereocenters. The molecule has 15 heteroatoms. The average molecular weight is 914 g/mol. The quantitative estimate of drug-likeness (QED) is 0.115. The number of ether oxygens (including phenoxy) is 1. The zero-order valence-electron chi connectivity index (χ0n) is 44.2. The summed E-state index contributed by atoms with van der Waals surface area (Å²) >= 11 is 0. The average Bonchev–Trinajstić information content (AvgIpc) is 3.90. The van der Waals surface area contributed by atoms with E-state index in [1.807, 2.05) is 10.1 Å². The normalized spacial score (nSPS) is 27.8. The van der Waals surface area contributed by atoms with Crippen LogP contribution in [0.4, 0.5) is 17.8 Å². The van der Waals surface area contributed by atoms with Crippen molar-refractivity contribution in [2.24, 2.45) is 0 Å².